The van der Waals surface area contributed by atoms with Gasteiger partial charge in [-0.25, -0.2) is 0 Å². The van der Waals surface area contributed by atoms with Gasteiger partial charge in [-0.1, -0.05) is 0 Å². The summed E-state index contributed by atoms with van der Waals surface area (Å²) in [6.07, 6.45) is 2.11. The Labute approximate surface area is 61.8 Å². The Balaban J connectivity index is 2.92. The molecule has 0 rings (SSSR count). The maximum absolute atomic E-state index is 2.17. The summed E-state index contributed by atoms with van der Waals surface area (Å²) in [4.78, 5) is 0. The van der Waals surface area contributed by atoms with E-state index in [1.807, 2.05) is 0 Å². The van der Waals surface area contributed by atoms with Crippen LogP contribution < -0.4 is 0 Å². The van der Waals surface area contributed by atoms with Crippen molar-refractivity contribution in [3.8, 4) is 0 Å². The van der Waals surface area contributed by atoms with Crippen LogP contribution in [0.2, 0.25) is 0 Å². The average Bonchev–Trinajstić information content (AvgIpc) is 1.41. The molecule has 0 aliphatic carbocycles. The van der Waals surface area contributed by atoms with Gasteiger partial charge in [-0.15, -0.1) is 0 Å². The van der Waals surface area contributed by atoms with E-state index in [2.05, 4.69) is 13.6 Å². The molecule has 0 bridgehead atoms. The second-order valence-corrected chi connectivity index (χ2v) is 2.96. The van der Waals surface area contributed by atoms with Gasteiger partial charge in [0, 0.05) is 0 Å². The molecule has 0 heterocycles. The molecule has 0 saturated heterocycles. The second kappa shape index (κ2) is 5.38. The minimum atomic E-state index is 1.20. The summed E-state index contributed by atoms with van der Waals surface area (Å²) in [6.45, 7) is 0. The molecule has 0 aromatic carbocycles. The zero-order valence-electron chi connectivity index (χ0n) is 2.68. The zero-order valence-corrected chi connectivity index (χ0v) is 10.0. The van der Waals surface area contributed by atoms with Gasteiger partial charge >= 0.3 is 62.5 Å². The van der Waals surface area contributed by atoms with Gasteiger partial charge in [0.15, 0.2) is 0 Å². The summed E-state index contributed by atoms with van der Waals surface area (Å²) in [5, 5.41) is 0. The van der Waals surface area contributed by atoms with E-state index in [1.54, 1.807) is 0 Å². The van der Waals surface area contributed by atoms with Gasteiger partial charge in [-0.05, 0) is 0 Å². The first kappa shape index (κ1) is 6.38. The quantitative estimate of drug-likeness (QED) is 0.460. The van der Waals surface area contributed by atoms with Crippen LogP contribution in [0.3, 0.4) is 0 Å². The fourth-order valence-corrected chi connectivity index (χ4v) is 3.31. The first-order chi connectivity index (χ1) is 2.41. The third-order valence-electron chi connectivity index (χ3n) is 0.182. The minimum absolute atomic E-state index is 1.20. The fraction of sp³-hybridized carbons (Fsp3) is 0. The van der Waals surface area contributed by atoms with Crippen LogP contribution in [-0.2, 0) is 0 Å². The monoisotopic (exact) mass is 458 g/mol. The summed E-state index contributed by atoms with van der Waals surface area (Å²) < 4.78 is 4.31. The van der Waals surface area contributed by atoms with Crippen molar-refractivity contribution in [3.05, 3.63) is 9.86 Å². The molecule has 0 nitrogen and oxygen atoms in total. The average molecular weight is 458 g/mol. The van der Waals surface area contributed by atoms with E-state index in [1.165, 1.54) is 49.0 Å². The Kier molecular flexibility index (Phi) is 6.86. The van der Waals surface area contributed by atoms with E-state index < -0.39 is 0 Å². The standard InChI is InChI=1S/C3H3.2Bi.H/c1-3-2;;;/h1-3H;;;. The summed E-state index contributed by atoms with van der Waals surface area (Å²) in [7, 11) is 0. The Bertz CT molecular complexity index is 46.9. The summed E-state index contributed by atoms with van der Waals surface area (Å²) in [5.74, 6) is 0. The van der Waals surface area contributed by atoms with E-state index >= 15 is 0 Å². The molecular formula is C3H4Bi2. The van der Waals surface area contributed by atoms with Crippen molar-refractivity contribution >= 4 is 52.7 Å². The molecule has 5 heavy (non-hydrogen) atoms. The molecule has 0 amide bonds. The molecule has 0 aromatic heterocycles. The van der Waals surface area contributed by atoms with Crippen LogP contribution in [0.1, 0.15) is 0 Å². The van der Waals surface area contributed by atoms with Crippen LogP contribution in [-0.4, -0.2) is 52.7 Å². The van der Waals surface area contributed by atoms with Crippen molar-refractivity contribution < 1.29 is 0 Å². The van der Waals surface area contributed by atoms with E-state index in [4.69, 9.17) is 0 Å². The van der Waals surface area contributed by atoms with Crippen LogP contribution in [0.25, 0.3) is 0 Å². The van der Waals surface area contributed by atoms with Gasteiger partial charge in [0.1, 0.15) is 0 Å². The van der Waals surface area contributed by atoms with Crippen molar-refractivity contribution in [1.82, 2.24) is 0 Å². The third kappa shape index (κ3) is 5.38. The zero-order chi connectivity index (χ0) is 4.12. The number of allylic oxidation sites excluding steroid dienone is 1. The Morgan fingerprint density at radius 1 is 1.60 bits per heavy atom. The van der Waals surface area contributed by atoms with Gasteiger partial charge in [-0.3, -0.25) is 0 Å². The molecule has 0 spiro atoms. The van der Waals surface area contributed by atoms with Gasteiger partial charge in [-0.2, -0.15) is 0 Å². The molecule has 0 unspecified atom stereocenters. The molecule has 0 fully saturated rings. The van der Waals surface area contributed by atoms with Crippen LogP contribution in [0, 0.1) is 0 Å². The second-order valence-electron chi connectivity index (χ2n) is 0.508. The first-order valence-corrected chi connectivity index (χ1v) is 5.47. The van der Waals surface area contributed by atoms with Crippen molar-refractivity contribution in [3.63, 3.8) is 0 Å². The maximum atomic E-state index is 2.17. The topological polar surface area (TPSA) is 0 Å². The predicted molar refractivity (Wildman–Crippen MR) is 28.1 cm³/mol. The fourth-order valence-electron chi connectivity index (χ4n) is 0.0430. The number of hydrogen-bond acceptors (Lipinski definition) is 0. The summed E-state index contributed by atoms with van der Waals surface area (Å²) in [5.41, 5.74) is 0. The van der Waals surface area contributed by atoms with Gasteiger partial charge in [0.2, 0.25) is 0 Å². The summed E-state index contributed by atoms with van der Waals surface area (Å²) >= 11 is 2.58. The Morgan fingerprint density at radius 2 is 2.20 bits per heavy atom. The summed E-state index contributed by atoms with van der Waals surface area (Å²) in [6, 6.07) is 0. The van der Waals surface area contributed by atoms with Crippen molar-refractivity contribution in [1.29, 1.82) is 0 Å². The van der Waals surface area contributed by atoms with Crippen molar-refractivity contribution in [2.24, 2.45) is 0 Å². The molecule has 0 N–H and O–H groups in total. The normalized spacial score (nSPS) is 9.00. The molecule has 26 valence electrons. The molecule has 2 heteroatoms. The number of rotatable bonds is 1. The van der Waals surface area contributed by atoms with Crippen molar-refractivity contribution in [2.45, 2.75) is 0 Å². The van der Waals surface area contributed by atoms with E-state index in [9.17, 15) is 0 Å². The van der Waals surface area contributed by atoms with E-state index in [-0.39, 0.29) is 0 Å². The first-order valence-electron chi connectivity index (χ1n) is 1.21. The number of hydrogen-bond donors (Lipinski definition) is 0. The molecular weight excluding hydrogens is 454 g/mol. The van der Waals surface area contributed by atoms with Crippen LogP contribution in [0.5, 0.6) is 0 Å². The Morgan fingerprint density at radius 3 is 2.20 bits per heavy atom. The molecule has 0 aliphatic rings. The molecule has 0 aromatic rings. The van der Waals surface area contributed by atoms with Gasteiger partial charge < -0.3 is 0 Å². The Hall–Kier alpha value is 1.38. The van der Waals surface area contributed by atoms with E-state index in [0.717, 1.165) is 0 Å². The van der Waals surface area contributed by atoms with Crippen LogP contribution >= 0.6 is 0 Å². The SMILES string of the molecule is [Bi]=[CH]C=[CH][BiH]. The molecule has 0 atom stereocenters. The molecule has 0 aliphatic heterocycles. The van der Waals surface area contributed by atoms with Gasteiger partial charge in [0.05, 0.1) is 0 Å². The van der Waals surface area contributed by atoms with Crippen molar-refractivity contribution in [2.75, 3.05) is 0 Å². The molecule has 2 radical (unpaired) electrons. The molecule has 0 saturated carbocycles. The van der Waals surface area contributed by atoms with E-state index in [0.29, 0.717) is 0 Å². The van der Waals surface area contributed by atoms with Gasteiger partial charge in [0.25, 0.3) is 0 Å². The third-order valence-corrected chi connectivity index (χ3v) is 1.60. The van der Waals surface area contributed by atoms with Crippen LogP contribution in [0.15, 0.2) is 9.86 Å². The van der Waals surface area contributed by atoms with Crippen LogP contribution in [0.4, 0.5) is 0 Å². The predicted octanol–water partition coefficient (Wildman–Crippen LogP) is -0.628.